The predicted molar refractivity (Wildman–Crippen MR) is 124 cm³/mol. The lowest BCUT2D eigenvalue weighted by Gasteiger charge is -2.44. The lowest BCUT2D eigenvalue weighted by atomic mass is 9.70. The molecular weight excluding hydrogens is 408 g/mol. The topological polar surface area (TPSA) is 41.6 Å². The molecule has 4 aliphatic rings. The van der Waals surface area contributed by atoms with Crippen LogP contribution in [-0.4, -0.2) is 36.7 Å². The summed E-state index contributed by atoms with van der Waals surface area (Å²) in [4.78, 5) is 15.4. The number of amides is 1. The molecule has 0 saturated carbocycles. The molecule has 3 fully saturated rings. The first-order valence-electron chi connectivity index (χ1n) is 11.5. The fraction of sp³-hybridized carbons (Fsp3) is 0.500. The highest BCUT2D eigenvalue weighted by Crippen LogP contribution is 2.44. The summed E-state index contributed by atoms with van der Waals surface area (Å²) in [7, 11) is 0. The first-order valence-corrected chi connectivity index (χ1v) is 11.9. The Balaban J connectivity index is 1.38. The number of piperidine rings is 3. The van der Waals surface area contributed by atoms with Gasteiger partial charge in [0.2, 0.25) is 0 Å². The number of ether oxygens (including phenoxy) is 1. The number of halogens is 1. The number of nitrogens with zero attached hydrogens (tertiary/aromatic N) is 1. The SMILES string of the molecule is CC1(C)CCc2ccc(-c3ccc(Cl)cc3)cc2C1NC(=O)O[C@@H]1CN2CCC1CC2. The molecule has 0 radical (unpaired) electrons. The second-order valence-electron chi connectivity index (χ2n) is 10.1. The normalized spacial score (nSPS) is 28.6. The van der Waals surface area contributed by atoms with Crippen LogP contribution in [0.4, 0.5) is 4.79 Å². The van der Waals surface area contributed by atoms with Crippen LogP contribution in [-0.2, 0) is 11.2 Å². The molecule has 1 amide bonds. The Morgan fingerprint density at radius 1 is 1.10 bits per heavy atom. The van der Waals surface area contributed by atoms with Gasteiger partial charge in [-0.1, -0.05) is 49.7 Å². The van der Waals surface area contributed by atoms with E-state index in [1.807, 2.05) is 24.3 Å². The molecule has 31 heavy (non-hydrogen) atoms. The van der Waals surface area contributed by atoms with E-state index in [2.05, 4.69) is 42.3 Å². The van der Waals surface area contributed by atoms with Crippen molar-refractivity contribution in [1.82, 2.24) is 10.2 Å². The number of aryl methyl sites for hydroxylation is 1. The van der Waals surface area contributed by atoms with Crippen LogP contribution in [0.25, 0.3) is 11.1 Å². The highest BCUT2D eigenvalue weighted by Gasteiger charge is 2.40. The van der Waals surface area contributed by atoms with Gasteiger partial charge in [-0.3, -0.25) is 4.90 Å². The van der Waals surface area contributed by atoms with Gasteiger partial charge in [0.05, 0.1) is 6.04 Å². The van der Waals surface area contributed by atoms with E-state index in [-0.39, 0.29) is 23.7 Å². The largest absolute Gasteiger partial charge is 0.445 e. The van der Waals surface area contributed by atoms with Crippen molar-refractivity contribution >= 4 is 17.7 Å². The average molecular weight is 439 g/mol. The molecule has 5 heteroatoms. The van der Waals surface area contributed by atoms with Crippen molar-refractivity contribution in [2.24, 2.45) is 11.3 Å². The summed E-state index contributed by atoms with van der Waals surface area (Å²) < 4.78 is 5.96. The molecule has 6 rings (SSSR count). The summed E-state index contributed by atoms with van der Waals surface area (Å²) in [6.07, 6.45) is 4.08. The molecule has 0 spiro atoms. The first kappa shape index (κ1) is 20.8. The molecular formula is C26H31ClN2O2. The van der Waals surface area contributed by atoms with Gasteiger partial charge >= 0.3 is 6.09 Å². The van der Waals surface area contributed by atoms with Crippen LogP contribution >= 0.6 is 11.6 Å². The molecule has 4 nitrogen and oxygen atoms in total. The summed E-state index contributed by atoms with van der Waals surface area (Å²) in [5, 5.41) is 3.99. The monoisotopic (exact) mass is 438 g/mol. The van der Waals surface area contributed by atoms with Gasteiger partial charge in [0.25, 0.3) is 0 Å². The van der Waals surface area contributed by atoms with Crippen LogP contribution in [0.2, 0.25) is 5.02 Å². The lowest BCUT2D eigenvalue weighted by Crippen LogP contribution is -2.53. The molecule has 3 heterocycles. The van der Waals surface area contributed by atoms with Crippen LogP contribution in [0, 0.1) is 11.3 Å². The first-order chi connectivity index (χ1) is 14.9. The number of rotatable bonds is 3. The maximum Gasteiger partial charge on any atom is 0.407 e. The van der Waals surface area contributed by atoms with E-state index >= 15 is 0 Å². The zero-order chi connectivity index (χ0) is 21.6. The molecule has 2 atom stereocenters. The number of alkyl carbamates (subject to hydrolysis) is 1. The molecule has 164 valence electrons. The van der Waals surface area contributed by atoms with Gasteiger partial charge in [0.15, 0.2) is 0 Å². The van der Waals surface area contributed by atoms with Gasteiger partial charge < -0.3 is 10.1 Å². The molecule has 1 N–H and O–H groups in total. The maximum absolute atomic E-state index is 13.0. The minimum atomic E-state index is -0.276. The van der Waals surface area contributed by atoms with Crippen molar-refractivity contribution in [3.63, 3.8) is 0 Å². The Morgan fingerprint density at radius 3 is 2.48 bits per heavy atom. The molecule has 3 saturated heterocycles. The van der Waals surface area contributed by atoms with Crippen molar-refractivity contribution < 1.29 is 9.53 Å². The summed E-state index contributed by atoms with van der Waals surface area (Å²) >= 11 is 6.07. The van der Waals surface area contributed by atoms with E-state index in [1.165, 1.54) is 11.1 Å². The smallest absolute Gasteiger partial charge is 0.407 e. The van der Waals surface area contributed by atoms with E-state index in [0.29, 0.717) is 5.92 Å². The minimum Gasteiger partial charge on any atom is -0.445 e. The van der Waals surface area contributed by atoms with Gasteiger partial charge in [0, 0.05) is 11.6 Å². The number of hydrogen-bond donors (Lipinski definition) is 1. The predicted octanol–water partition coefficient (Wildman–Crippen LogP) is 5.84. The molecule has 2 aromatic carbocycles. The van der Waals surface area contributed by atoms with Crippen molar-refractivity contribution in [2.75, 3.05) is 19.6 Å². The number of nitrogens with one attached hydrogen (secondary N) is 1. The van der Waals surface area contributed by atoms with Crippen LogP contribution < -0.4 is 5.32 Å². The molecule has 3 aliphatic heterocycles. The average Bonchev–Trinajstić information content (AvgIpc) is 2.77. The van der Waals surface area contributed by atoms with Crippen LogP contribution in [0.1, 0.15) is 50.3 Å². The van der Waals surface area contributed by atoms with Gasteiger partial charge in [-0.05, 0) is 90.6 Å². The fourth-order valence-electron chi connectivity index (χ4n) is 5.54. The van der Waals surface area contributed by atoms with Crippen LogP contribution in [0.15, 0.2) is 42.5 Å². The summed E-state index contributed by atoms with van der Waals surface area (Å²) in [6.45, 7) is 7.64. The van der Waals surface area contributed by atoms with E-state index in [0.717, 1.165) is 61.5 Å². The third-order valence-electron chi connectivity index (χ3n) is 7.57. The second kappa shape index (κ2) is 8.14. The second-order valence-corrected chi connectivity index (χ2v) is 10.5. The molecule has 2 bridgehead atoms. The number of carbonyl (C=O) groups excluding carboxylic acids is 1. The van der Waals surface area contributed by atoms with Crippen LogP contribution in [0.3, 0.4) is 0 Å². The quantitative estimate of drug-likeness (QED) is 0.654. The summed E-state index contributed by atoms with van der Waals surface area (Å²) in [6, 6.07) is 14.5. The highest BCUT2D eigenvalue weighted by molar-refractivity contribution is 6.30. The van der Waals surface area contributed by atoms with E-state index in [4.69, 9.17) is 16.3 Å². The number of hydrogen-bond acceptors (Lipinski definition) is 3. The van der Waals surface area contributed by atoms with Crippen molar-refractivity contribution in [2.45, 2.75) is 51.7 Å². The minimum absolute atomic E-state index is 0.0223. The fourth-order valence-corrected chi connectivity index (χ4v) is 5.67. The highest BCUT2D eigenvalue weighted by atomic mass is 35.5. The summed E-state index contributed by atoms with van der Waals surface area (Å²) in [5.74, 6) is 0.513. The zero-order valence-corrected chi connectivity index (χ0v) is 19.1. The molecule has 2 aromatic rings. The van der Waals surface area contributed by atoms with Crippen LogP contribution in [0.5, 0.6) is 0 Å². The van der Waals surface area contributed by atoms with E-state index < -0.39 is 0 Å². The van der Waals surface area contributed by atoms with E-state index in [1.54, 1.807) is 0 Å². The Morgan fingerprint density at radius 2 is 1.81 bits per heavy atom. The zero-order valence-electron chi connectivity index (χ0n) is 18.4. The Hall–Kier alpha value is -2.04. The number of carbonyl (C=O) groups is 1. The molecule has 1 aliphatic carbocycles. The third kappa shape index (κ3) is 4.20. The number of benzene rings is 2. The van der Waals surface area contributed by atoms with Gasteiger partial charge in [0.1, 0.15) is 6.10 Å². The molecule has 1 unspecified atom stereocenters. The van der Waals surface area contributed by atoms with Gasteiger partial charge in [-0.15, -0.1) is 0 Å². The summed E-state index contributed by atoms with van der Waals surface area (Å²) in [5.41, 5.74) is 4.74. The van der Waals surface area contributed by atoms with Crippen molar-refractivity contribution in [3.8, 4) is 11.1 Å². The standard InChI is InChI=1S/C26H31ClN2O2/c1-26(2)12-9-18-3-4-20(17-5-7-21(27)8-6-17)15-22(18)24(26)28-25(30)31-23-16-29-13-10-19(23)11-14-29/h3-8,15,19,23-24H,9-14,16H2,1-2H3,(H,28,30)/t23-,24?/m1/s1. The Kier molecular flexibility index (Phi) is 5.47. The van der Waals surface area contributed by atoms with Gasteiger partial charge in [-0.25, -0.2) is 4.79 Å². The molecule has 0 aromatic heterocycles. The van der Waals surface area contributed by atoms with Gasteiger partial charge in [-0.2, -0.15) is 0 Å². The number of fused-ring (bicyclic) bond motifs is 4. The van der Waals surface area contributed by atoms with E-state index in [9.17, 15) is 4.79 Å². The Bertz CT molecular complexity index is 964. The lowest BCUT2D eigenvalue weighted by molar-refractivity contribution is -0.0353. The maximum atomic E-state index is 13.0. The Labute approximate surface area is 189 Å². The van der Waals surface area contributed by atoms with Crippen molar-refractivity contribution in [1.29, 1.82) is 0 Å². The third-order valence-corrected chi connectivity index (χ3v) is 7.82. The van der Waals surface area contributed by atoms with Crippen molar-refractivity contribution in [3.05, 3.63) is 58.6 Å².